The van der Waals surface area contributed by atoms with E-state index < -0.39 is 0 Å². The van der Waals surface area contributed by atoms with Crippen LogP contribution in [0.3, 0.4) is 0 Å². The molecule has 1 heterocycles. The minimum Gasteiger partial charge on any atom is -0.498 e. The number of H-pyrrole nitrogens is 1. The lowest BCUT2D eigenvalue weighted by atomic mass is 10.7. The molecule has 3 nitrogen and oxygen atoms in total. The summed E-state index contributed by atoms with van der Waals surface area (Å²) < 4.78 is 2.30. The minimum atomic E-state index is -0.248. The summed E-state index contributed by atoms with van der Waals surface area (Å²) in [7, 11) is 0. The number of nitrogens with one attached hydrogen (secondary N) is 1. The van der Waals surface area contributed by atoms with Crippen LogP contribution >= 0.6 is 11.5 Å². The van der Waals surface area contributed by atoms with Crippen LogP contribution in [0.4, 0.5) is 0 Å². The largest absolute Gasteiger partial charge is 0.498 e. The lowest BCUT2D eigenvalue weighted by Crippen LogP contribution is -1.91. The second kappa shape index (κ2) is 1.38. The first-order chi connectivity index (χ1) is 3.29. The quantitative estimate of drug-likeness (QED) is 0.508. The molecule has 0 aliphatic rings. The van der Waals surface area contributed by atoms with Gasteiger partial charge in [0.05, 0.1) is 6.07 Å². The zero-order chi connectivity index (χ0) is 5.28. The van der Waals surface area contributed by atoms with E-state index in [4.69, 9.17) is 5.11 Å². The second-order valence-electron chi connectivity index (χ2n) is 1.05. The van der Waals surface area contributed by atoms with E-state index in [1.54, 1.807) is 0 Å². The third-order valence-corrected chi connectivity index (χ3v) is 1.14. The molecule has 0 unspecified atom stereocenters. The van der Waals surface area contributed by atoms with Crippen LogP contribution in [-0.4, -0.2) is 9.48 Å². The highest BCUT2D eigenvalue weighted by atomic mass is 32.1. The molecule has 2 N–H and O–H groups in total. The molecule has 0 aliphatic carbocycles. The lowest BCUT2D eigenvalue weighted by molar-refractivity contribution is 0.490. The van der Waals surface area contributed by atoms with Crippen LogP contribution in [0.15, 0.2) is 10.9 Å². The van der Waals surface area contributed by atoms with Crippen LogP contribution in [0, 0.1) is 0 Å². The Balaban J connectivity index is 3.30. The summed E-state index contributed by atoms with van der Waals surface area (Å²) in [5, 5.41) is 8.47. The van der Waals surface area contributed by atoms with Crippen molar-refractivity contribution in [3.8, 4) is 5.06 Å². The Morgan fingerprint density at radius 3 is 2.71 bits per heavy atom. The van der Waals surface area contributed by atoms with Gasteiger partial charge in [0, 0.05) is 0 Å². The van der Waals surface area contributed by atoms with Crippen molar-refractivity contribution in [1.82, 2.24) is 4.37 Å². The Morgan fingerprint density at radius 1 is 1.86 bits per heavy atom. The number of aromatic amines is 1. The number of hydrogen-bond donors (Lipinski definition) is 2. The predicted molar refractivity (Wildman–Crippen MR) is 26.6 cm³/mol. The van der Waals surface area contributed by atoms with Crippen molar-refractivity contribution in [1.29, 1.82) is 0 Å². The molecule has 1 aromatic heterocycles. The topological polar surface area (TPSA) is 53.1 Å². The van der Waals surface area contributed by atoms with Crippen molar-refractivity contribution < 1.29 is 5.11 Å². The van der Waals surface area contributed by atoms with E-state index in [9.17, 15) is 4.79 Å². The van der Waals surface area contributed by atoms with Gasteiger partial charge < -0.3 is 5.11 Å². The van der Waals surface area contributed by atoms with Gasteiger partial charge in [-0.2, -0.15) is 0 Å². The highest BCUT2D eigenvalue weighted by molar-refractivity contribution is 7.07. The summed E-state index contributed by atoms with van der Waals surface area (Å²) in [6, 6.07) is 1.13. The van der Waals surface area contributed by atoms with E-state index in [-0.39, 0.29) is 10.6 Å². The van der Waals surface area contributed by atoms with Gasteiger partial charge in [0.2, 0.25) is 0 Å². The van der Waals surface area contributed by atoms with Gasteiger partial charge in [-0.1, -0.05) is 0 Å². The fraction of sp³-hybridized carbons (Fsp3) is 0. The monoisotopic (exact) mass is 117 g/mol. The fourth-order valence-corrected chi connectivity index (χ4v) is 0.704. The fourth-order valence-electron chi connectivity index (χ4n) is 0.274. The predicted octanol–water partition coefficient (Wildman–Crippen LogP) is 0.142. The van der Waals surface area contributed by atoms with Crippen molar-refractivity contribution in [2.24, 2.45) is 0 Å². The number of aromatic hydroxyl groups is 1. The molecule has 0 radical (unpaired) electrons. The average Bonchev–Trinajstić information content (AvgIpc) is 1.87. The first-order valence-corrected chi connectivity index (χ1v) is 2.48. The molecule has 4 heteroatoms. The van der Waals surface area contributed by atoms with Crippen molar-refractivity contribution >= 4 is 11.5 Å². The Hall–Kier alpha value is -0.770. The van der Waals surface area contributed by atoms with Crippen molar-refractivity contribution in [2.75, 3.05) is 0 Å². The SMILES string of the molecule is O=c1cc(O)s[nH]1. The molecule has 0 spiro atoms. The Bertz CT molecular complexity index is 201. The molecule has 0 atom stereocenters. The smallest absolute Gasteiger partial charge is 0.261 e. The molecule has 0 saturated carbocycles. The molecular formula is C3H3NO2S. The van der Waals surface area contributed by atoms with Gasteiger partial charge in [-0.25, -0.2) is 0 Å². The van der Waals surface area contributed by atoms with Crippen LogP contribution in [-0.2, 0) is 0 Å². The molecular weight excluding hydrogens is 114 g/mol. The van der Waals surface area contributed by atoms with E-state index in [2.05, 4.69) is 4.37 Å². The van der Waals surface area contributed by atoms with Crippen molar-refractivity contribution in [2.45, 2.75) is 0 Å². The minimum absolute atomic E-state index is 0.0324. The molecule has 1 rings (SSSR count). The molecule has 38 valence electrons. The zero-order valence-electron chi connectivity index (χ0n) is 3.34. The molecule has 0 aromatic carbocycles. The van der Waals surface area contributed by atoms with E-state index >= 15 is 0 Å². The molecule has 0 aliphatic heterocycles. The third kappa shape index (κ3) is 0.806. The standard InChI is InChI=1S/C3H3NO2S/c5-2-1-3(6)7-4-2/h1,6H,(H,4,5). The van der Waals surface area contributed by atoms with Gasteiger partial charge in [0.25, 0.3) is 5.56 Å². The zero-order valence-corrected chi connectivity index (χ0v) is 4.16. The van der Waals surface area contributed by atoms with Gasteiger partial charge in [-0.3, -0.25) is 9.17 Å². The molecule has 1 aromatic rings. The van der Waals surface area contributed by atoms with Gasteiger partial charge in [-0.15, -0.1) is 0 Å². The summed E-state index contributed by atoms with van der Waals surface area (Å²) in [5.41, 5.74) is -0.248. The van der Waals surface area contributed by atoms with Crippen LogP contribution in [0.25, 0.3) is 0 Å². The Kier molecular flexibility index (Phi) is 0.867. The van der Waals surface area contributed by atoms with E-state index in [1.165, 1.54) is 0 Å². The summed E-state index contributed by atoms with van der Waals surface area (Å²) in [5.74, 6) is 0. The van der Waals surface area contributed by atoms with Gasteiger partial charge >= 0.3 is 0 Å². The Morgan fingerprint density at radius 2 is 2.57 bits per heavy atom. The highest BCUT2D eigenvalue weighted by Gasteiger charge is 1.87. The van der Waals surface area contributed by atoms with Gasteiger partial charge in [-0.05, 0) is 11.5 Å². The van der Waals surface area contributed by atoms with Crippen LogP contribution in [0.2, 0.25) is 0 Å². The number of rotatable bonds is 0. The summed E-state index contributed by atoms with van der Waals surface area (Å²) in [6.07, 6.45) is 0. The normalized spacial score (nSPS) is 9.14. The maximum Gasteiger partial charge on any atom is 0.261 e. The first-order valence-electron chi connectivity index (χ1n) is 1.66. The number of aromatic nitrogens is 1. The van der Waals surface area contributed by atoms with Crippen molar-refractivity contribution in [3.05, 3.63) is 16.4 Å². The summed E-state index contributed by atoms with van der Waals surface area (Å²) in [6.45, 7) is 0. The lowest BCUT2D eigenvalue weighted by Gasteiger charge is -1.65. The first kappa shape index (κ1) is 4.39. The van der Waals surface area contributed by atoms with Crippen LogP contribution in [0.5, 0.6) is 5.06 Å². The summed E-state index contributed by atoms with van der Waals surface area (Å²) in [4.78, 5) is 10.1. The van der Waals surface area contributed by atoms with E-state index in [0.29, 0.717) is 0 Å². The average molecular weight is 117 g/mol. The maximum absolute atomic E-state index is 10.1. The van der Waals surface area contributed by atoms with Crippen LogP contribution < -0.4 is 5.56 Å². The van der Waals surface area contributed by atoms with E-state index in [1.807, 2.05) is 0 Å². The second-order valence-corrected chi connectivity index (χ2v) is 1.88. The molecule has 0 bridgehead atoms. The molecule has 7 heavy (non-hydrogen) atoms. The molecule has 0 amide bonds. The molecule has 0 fully saturated rings. The Labute approximate surface area is 43.4 Å². The van der Waals surface area contributed by atoms with Crippen molar-refractivity contribution in [3.63, 3.8) is 0 Å². The molecule has 0 saturated heterocycles. The van der Waals surface area contributed by atoms with Gasteiger partial charge in [0.15, 0.2) is 5.06 Å². The highest BCUT2D eigenvalue weighted by Crippen LogP contribution is 2.06. The van der Waals surface area contributed by atoms with Gasteiger partial charge in [0.1, 0.15) is 0 Å². The third-order valence-electron chi connectivity index (χ3n) is 0.511. The van der Waals surface area contributed by atoms with E-state index in [0.717, 1.165) is 17.6 Å². The maximum atomic E-state index is 10.1. The van der Waals surface area contributed by atoms with Crippen LogP contribution in [0.1, 0.15) is 0 Å². The number of hydrogen-bond acceptors (Lipinski definition) is 3. The summed E-state index contributed by atoms with van der Waals surface area (Å²) >= 11 is 0.922.